The zero-order chi connectivity index (χ0) is 15.9. The molecule has 0 saturated heterocycles. The molecule has 0 heterocycles. The lowest BCUT2D eigenvalue weighted by Gasteiger charge is -2.11. The minimum atomic E-state index is 1.02. The van der Waals surface area contributed by atoms with Crippen LogP contribution in [0.4, 0.5) is 0 Å². The van der Waals surface area contributed by atoms with Crippen LogP contribution in [0.5, 0.6) is 0 Å². The summed E-state index contributed by atoms with van der Waals surface area (Å²) >= 11 is 0. The molecule has 1 N–H and O–H groups in total. The molecule has 0 amide bonds. The lowest BCUT2D eigenvalue weighted by Crippen LogP contribution is -2.15. The maximum Gasteiger partial charge on any atom is 0.0337 e. The smallest absolute Gasteiger partial charge is 0.0337 e. The largest absolute Gasteiger partial charge is 0.385 e. The molecule has 1 nitrogen and oxygen atoms in total. The van der Waals surface area contributed by atoms with Crippen molar-refractivity contribution in [3.05, 3.63) is 48.2 Å². The summed E-state index contributed by atoms with van der Waals surface area (Å²) in [5.74, 6) is 0. The van der Waals surface area contributed by atoms with Crippen LogP contribution in [0, 0.1) is 0 Å². The lowest BCUT2D eigenvalue weighted by molar-refractivity contribution is 0.568. The zero-order valence-corrected chi connectivity index (χ0v) is 14.5. The van der Waals surface area contributed by atoms with E-state index in [-0.39, 0.29) is 0 Å². The molecule has 0 spiro atoms. The Hall–Kier alpha value is -1.24. The molecule has 0 bridgehead atoms. The molecular weight excluding hydrogens is 254 g/mol. The number of allylic oxidation sites excluding steroid dienone is 4. The van der Waals surface area contributed by atoms with Crippen molar-refractivity contribution in [3.8, 4) is 0 Å². The molecule has 1 heteroatoms. The highest BCUT2D eigenvalue weighted by Gasteiger charge is 1.98. The van der Waals surface area contributed by atoms with Gasteiger partial charge in [-0.2, -0.15) is 0 Å². The first-order valence-electron chi connectivity index (χ1n) is 8.55. The molecule has 0 unspecified atom stereocenters. The molecular formula is C20H35N. The van der Waals surface area contributed by atoms with Gasteiger partial charge >= 0.3 is 0 Å². The van der Waals surface area contributed by atoms with E-state index in [4.69, 9.17) is 0 Å². The molecule has 0 saturated carbocycles. The average molecular weight is 290 g/mol. The van der Waals surface area contributed by atoms with Crippen molar-refractivity contribution >= 4 is 0 Å². The number of hydrogen-bond donors (Lipinski definition) is 1. The van der Waals surface area contributed by atoms with Crippen LogP contribution in [0.15, 0.2) is 48.2 Å². The zero-order valence-electron chi connectivity index (χ0n) is 14.5. The van der Waals surface area contributed by atoms with Gasteiger partial charge in [0.2, 0.25) is 0 Å². The Morgan fingerprint density at radius 2 is 1.57 bits per heavy atom. The summed E-state index contributed by atoms with van der Waals surface area (Å²) < 4.78 is 0. The molecule has 0 atom stereocenters. The summed E-state index contributed by atoms with van der Waals surface area (Å²) in [5.41, 5.74) is 3.34. The van der Waals surface area contributed by atoms with Crippen molar-refractivity contribution in [1.29, 1.82) is 0 Å². The minimum absolute atomic E-state index is 1.02. The second-order valence-electron chi connectivity index (χ2n) is 5.72. The predicted octanol–water partition coefficient (Wildman–Crippen LogP) is 6.31. The summed E-state index contributed by atoms with van der Waals surface area (Å²) in [6.07, 6.45) is 16.9. The fraction of sp³-hybridized carbons (Fsp3) is 0.600. The molecule has 21 heavy (non-hydrogen) atoms. The van der Waals surface area contributed by atoms with E-state index in [0.29, 0.717) is 0 Å². The Morgan fingerprint density at radius 1 is 1.00 bits per heavy atom. The van der Waals surface area contributed by atoms with Crippen LogP contribution < -0.4 is 5.32 Å². The number of hydrogen-bond acceptors (Lipinski definition) is 1. The topological polar surface area (TPSA) is 12.0 Å². The summed E-state index contributed by atoms with van der Waals surface area (Å²) in [6, 6.07) is 0. The van der Waals surface area contributed by atoms with Gasteiger partial charge in [-0.25, -0.2) is 0 Å². The second kappa shape index (κ2) is 13.7. The van der Waals surface area contributed by atoms with Crippen molar-refractivity contribution in [3.63, 3.8) is 0 Å². The molecule has 0 aliphatic carbocycles. The van der Waals surface area contributed by atoms with E-state index in [1.165, 1.54) is 51.4 Å². The van der Waals surface area contributed by atoms with Gasteiger partial charge in [-0.05, 0) is 25.8 Å². The Kier molecular flexibility index (Phi) is 12.9. The fourth-order valence-corrected chi connectivity index (χ4v) is 2.25. The van der Waals surface area contributed by atoms with Crippen molar-refractivity contribution in [1.82, 2.24) is 5.32 Å². The van der Waals surface area contributed by atoms with Gasteiger partial charge in [0, 0.05) is 12.2 Å². The SMILES string of the molecule is C=C/C(C)=C\C(=C/C)C(=C)NCCCCCCCCCC. The lowest BCUT2D eigenvalue weighted by atomic mass is 10.1. The highest BCUT2D eigenvalue weighted by molar-refractivity contribution is 5.40. The van der Waals surface area contributed by atoms with Gasteiger partial charge in [-0.3, -0.25) is 0 Å². The standard InChI is InChI=1S/C20H35N/c1-6-9-10-11-12-13-14-15-16-21-19(5)20(8-3)17-18(4)7-2/h7-8,17,21H,2,5-6,9-16H2,1,3-4H3/b18-17-,20-8+. The maximum absolute atomic E-state index is 4.12. The molecule has 0 aromatic carbocycles. The van der Waals surface area contributed by atoms with Gasteiger partial charge in [0.25, 0.3) is 0 Å². The van der Waals surface area contributed by atoms with Gasteiger partial charge < -0.3 is 5.32 Å². The predicted molar refractivity (Wildman–Crippen MR) is 97.5 cm³/mol. The van der Waals surface area contributed by atoms with Crippen LogP contribution >= 0.6 is 0 Å². The summed E-state index contributed by atoms with van der Waals surface area (Å²) in [4.78, 5) is 0. The van der Waals surface area contributed by atoms with Crippen LogP contribution in [0.2, 0.25) is 0 Å². The van der Waals surface area contributed by atoms with Crippen LogP contribution in [-0.4, -0.2) is 6.54 Å². The minimum Gasteiger partial charge on any atom is -0.385 e. The van der Waals surface area contributed by atoms with Crippen LogP contribution in [0.25, 0.3) is 0 Å². The maximum atomic E-state index is 4.12. The Morgan fingerprint density at radius 3 is 2.10 bits per heavy atom. The van der Waals surface area contributed by atoms with Crippen molar-refractivity contribution in [2.24, 2.45) is 0 Å². The third-order valence-corrected chi connectivity index (χ3v) is 3.73. The quantitative estimate of drug-likeness (QED) is 0.309. The Bertz CT molecular complexity index is 347. The first kappa shape index (κ1) is 19.8. The van der Waals surface area contributed by atoms with E-state index >= 15 is 0 Å². The molecule has 0 aromatic rings. The number of unbranched alkanes of at least 4 members (excludes halogenated alkanes) is 7. The number of nitrogens with one attached hydrogen (secondary N) is 1. The molecule has 0 aliphatic rings. The molecule has 0 fully saturated rings. The fourth-order valence-electron chi connectivity index (χ4n) is 2.25. The van der Waals surface area contributed by atoms with Crippen LogP contribution in [0.1, 0.15) is 72.1 Å². The Labute approximate surface area is 132 Å². The highest BCUT2D eigenvalue weighted by Crippen LogP contribution is 2.11. The van der Waals surface area contributed by atoms with Crippen molar-refractivity contribution in [2.45, 2.75) is 72.1 Å². The first-order chi connectivity index (χ1) is 10.2. The van der Waals surface area contributed by atoms with Crippen molar-refractivity contribution in [2.75, 3.05) is 6.54 Å². The van der Waals surface area contributed by atoms with E-state index < -0.39 is 0 Å². The number of rotatable bonds is 13. The highest BCUT2D eigenvalue weighted by atomic mass is 14.9. The first-order valence-corrected chi connectivity index (χ1v) is 8.55. The average Bonchev–Trinajstić information content (AvgIpc) is 2.50. The summed E-state index contributed by atoms with van der Waals surface area (Å²) in [7, 11) is 0. The van der Waals surface area contributed by atoms with E-state index in [1.54, 1.807) is 0 Å². The van der Waals surface area contributed by atoms with Gasteiger partial charge in [0.1, 0.15) is 0 Å². The summed E-state index contributed by atoms with van der Waals surface area (Å²) in [5, 5.41) is 3.43. The van der Waals surface area contributed by atoms with Gasteiger partial charge in [-0.15, -0.1) is 0 Å². The Balaban J connectivity index is 3.72. The van der Waals surface area contributed by atoms with Gasteiger partial charge in [0.15, 0.2) is 0 Å². The second-order valence-corrected chi connectivity index (χ2v) is 5.72. The molecule has 0 radical (unpaired) electrons. The van der Waals surface area contributed by atoms with E-state index in [2.05, 4.69) is 44.5 Å². The third kappa shape index (κ3) is 11.1. The van der Waals surface area contributed by atoms with Crippen molar-refractivity contribution < 1.29 is 0 Å². The normalized spacial score (nSPS) is 12.3. The molecule has 0 aliphatic heterocycles. The van der Waals surface area contributed by atoms with E-state index in [9.17, 15) is 0 Å². The molecule has 120 valence electrons. The summed E-state index contributed by atoms with van der Waals surface area (Å²) in [6.45, 7) is 15.3. The molecule has 0 rings (SSSR count). The monoisotopic (exact) mass is 289 g/mol. The van der Waals surface area contributed by atoms with Gasteiger partial charge in [-0.1, -0.05) is 88.8 Å². The van der Waals surface area contributed by atoms with Gasteiger partial charge in [0.05, 0.1) is 0 Å². The third-order valence-electron chi connectivity index (χ3n) is 3.73. The molecule has 0 aromatic heterocycles. The van der Waals surface area contributed by atoms with E-state index in [0.717, 1.165) is 23.4 Å². The van der Waals surface area contributed by atoms with Crippen LogP contribution in [0.3, 0.4) is 0 Å². The van der Waals surface area contributed by atoms with E-state index in [1.807, 2.05) is 13.0 Å². The van der Waals surface area contributed by atoms with Crippen LogP contribution in [-0.2, 0) is 0 Å².